The van der Waals surface area contributed by atoms with Gasteiger partial charge in [-0.15, -0.1) is 0 Å². The zero-order chi connectivity index (χ0) is 14.5. The van der Waals surface area contributed by atoms with E-state index in [0.717, 1.165) is 12.1 Å². The first-order valence-electron chi connectivity index (χ1n) is 5.96. The lowest BCUT2D eigenvalue weighted by Crippen LogP contribution is -2.23. The average molecular weight is 281 g/mol. The maximum Gasteiger partial charge on any atom is 0.273 e. The van der Waals surface area contributed by atoms with Crippen molar-refractivity contribution in [3.63, 3.8) is 0 Å². The number of hydrogen-bond donors (Lipinski definition) is 2. The Morgan fingerprint density at radius 2 is 2.20 bits per heavy atom. The number of hydrogen-bond acceptors (Lipinski definition) is 4. The standard InChI is InChI=1S/C13H13F2N3O2/c14-9-2-1-8(10(15)5-9)6-17-13(19)11-7-20-12(18-11)3-4-16/h1-2,5,7H,3-4,6,16H2,(H,17,19). The van der Waals surface area contributed by atoms with E-state index in [4.69, 9.17) is 10.2 Å². The Kier molecular flexibility index (Phi) is 4.41. The van der Waals surface area contributed by atoms with Crippen molar-refractivity contribution >= 4 is 5.91 Å². The van der Waals surface area contributed by atoms with Gasteiger partial charge in [0.25, 0.3) is 5.91 Å². The maximum atomic E-state index is 13.4. The predicted molar refractivity (Wildman–Crippen MR) is 66.8 cm³/mol. The number of carbonyl (C=O) groups excluding carboxylic acids is 1. The molecule has 0 atom stereocenters. The molecule has 0 aliphatic carbocycles. The van der Waals surface area contributed by atoms with Crippen LogP contribution in [0.4, 0.5) is 8.78 Å². The number of nitrogens with one attached hydrogen (secondary N) is 1. The summed E-state index contributed by atoms with van der Waals surface area (Å²) in [4.78, 5) is 15.7. The first-order chi connectivity index (χ1) is 9.60. The zero-order valence-corrected chi connectivity index (χ0v) is 10.5. The second-order valence-corrected chi connectivity index (χ2v) is 4.08. The summed E-state index contributed by atoms with van der Waals surface area (Å²) in [5, 5.41) is 2.48. The summed E-state index contributed by atoms with van der Waals surface area (Å²) in [6.07, 6.45) is 1.64. The van der Waals surface area contributed by atoms with Gasteiger partial charge in [0.05, 0.1) is 0 Å². The van der Waals surface area contributed by atoms with E-state index in [0.29, 0.717) is 18.9 Å². The lowest BCUT2D eigenvalue weighted by atomic mass is 10.2. The quantitative estimate of drug-likeness (QED) is 0.867. The third-order valence-corrected chi connectivity index (χ3v) is 2.60. The molecule has 0 bridgehead atoms. The predicted octanol–water partition coefficient (Wildman–Crippen LogP) is 1.38. The number of oxazole rings is 1. The molecule has 2 rings (SSSR count). The Hall–Kier alpha value is -2.28. The van der Waals surface area contributed by atoms with Gasteiger partial charge in [-0.3, -0.25) is 4.79 Å². The summed E-state index contributed by atoms with van der Waals surface area (Å²) in [6, 6.07) is 3.16. The van der Waals surface area contributed by atoms with Crippen LogP contribution in [0, 0.1) is 11.6 Å². The third kappa shape index (κ3) is 3.39. The van der Waals surface area contributed by atoms with E-state index in [-0.39, 0.29) is 17.8 Å². The molecule has 2 aromatic rings. The van der Waals surface area contributed by atoms with E-state index >= 15 is 0 Å². The molecule has 0 saturated heterocycles. The van der Waals surface area contributed by atoms with Crippen molar-refractivity contribution in [3.05, 3.63) is 53.2 Å². The minimum absolute atomic E-state index is 0.0654. The van der Waals surface area contributed by atoms with Crippen molar-refractivity contribution in [1.29, 1.82) is 0 Å². The van der Waals surface area contributed by atoms with Crippen molar-refractivity contribution in [1.82, 2.24) is 10.3 Å². The first kappa shape index (κ1) is 14.1. The fourth-order valence-electron chi connectivity index (χ4n) is 1.58. The highest BCUT2D eigenvalue weighted by Crippen LogP contribution is 2.09. The fourth-order valence-corrected chi connectivity index (χ4v) is 1.58. The van der Waals surface area contributed by atoms with Crippen LogP contribution in [0.25, 0.3) is 0 Å². The van der Waals surface area contributed by atoms with Gasteiger partial charge in [-0.1, -0.05) is 6.07 Å². The molecule has 1 aromatic heterocycles. The highest BCUT2D eigenvalue weighted by Gasteiger charge is 2.12. The van der Waals surface area contributed by atoms with E-state index < -0.39 is 17.5 Å². The van der Waals surface area contributed by atoms with Crippen LogP contribution in [0.2, 0.25) is 0 Å². The van der Waals surface area contributed by atoms with Crippen LogP contribution in [0.15, 0.2) is 28.9 Å². The summed E-state index contributed by atoms with van der Waals surface area (Å²) in [5.41, 5.74) is 5.62. The molecule has 1 heterocycles. The molecule has 0 aliphatic rings. The van der Waals surface area contributed by atoms with Crippen molar-refractivity contribution in [2.24, 2.45) is 5.73 Å². The van der Waals surface area contributed by atoms with Gasteiger partial charge in [-0.25, -0.2) is 13.8 Å². The molecule has 0 spiro atoms. The molecule has 106 valence electrons. The Bertz CT molecular complexity index is 613. The third-order valence-electron chi connectivity index (χ3n) is 2.60. The number of amides is 1. The Labute approximate surface area is 113 Å². The van der Waals surface area contributed by atoms with Gasteiger partial charge >= 0.3 is 0 Å². The van der Waals surface area contributed by atoms with Crippen LogP contribution in [-0.2, 0) is 13.0 Å². The molecule has 0 fully saturated rings. The molecule has 0 aliphatic heterocycles. The van der Waals surface area contributed by atoms with Crippen molar-refractivity contribution in [2.75, 3.05) is 6.54 Å². The Balaban J connectivity index is 1.97. The van der Waals surface area contributed by atoms with Crippen LogP contribution in [-0.4, -0.2) is 17.4 Å². The molecule has 1 amide bonds. The zero-order valence-electron chi connectivity index (χ0n) is 10.5. The van der Waals surface area contributed by atoms with Crippen LogP contribution in [0.3, 0.4) is 0 Å². The molecule has 3 N–H and O–H groups in total. The van der Waals surface area contributed by atoms with Gasteiger partial charge < -0.3 is 15.5 Å². The number of benzene rings is 1. The average Bonchev–Trinajstić information content (AvgIpc) is 2.86. The Morgan fingerprint density at radius 3 is 2.90 bits per heavy atom. The molecule has 5 nitrogen and oxygen atoms in total. The van der Waals surface area contributed by atoms with Gasteiger partial charge in [0.1, 0.15) is 17.9 Å². The molecule has 0 saturated carbocycles. The van der Waals surface area contributed by atoms with Gasteiger partial charge in [0.2, 0.25) is 0 Å². The fraction of sp³-hybridized carbons (Fsp3) is 0.231. The van der Waals surface area contributed by atoms with Gasteiger partial charge in [-0.05, 0) is 6.07 Å². The number of rotatable bonds is 5. The largest absolute Gasteiger partial charge is 0.448 e. The summed E-state index contributed by atoms with van der Waals surface area (Å²) in [7, 11) is 0. The number of carbonyl (C=O) groups is 1. The first-order valence-corrected chi connectivity index (χ1v) is 5.96. The normalized spacial score (nSPS) is 10.6. The lowest BCUT2D eigenvalue weighted by Gasteiger charge is -2.04. The summed E-state index contributed by atoms with van der Waals surface area (Å²) < 4.78 is 31.1. The van der Waals surface area contributed by atoms with E-state index in [2.05, 4.69) is 10.3 Å². The smallest absolute Gasteiger partial charge is 0.273 e. The molecule has 0 radical (unpaired) electrons. The van der Waals surface area contributed by atoms with Crippen LogP contribution < -0.4 is 11.1 Å². The van der Waals surface area contributed by atoms with E-state index in [9.17, 15) is 13.6 Å². The molecule has 7 heteroatoms. The second-order valence-electron chi connectivity index (χ2n) is 4.08. The van der Waals surface area contributed by atoms with Gasteiger partial charge in [0, 0.05) is 31.1 Å². The number of aromatic nitrogens is 1. The van der Waals surface area contributed by atoms with Gasteiger partial charge in [0.15, 0.2) is 11.6 Å². The monoisotopic (exact) mass is 281 g/mol. The van der Waals surface area contributed by atoms with Crippen molar-refractivity contribution in [2.45, 2.75) is 13.0 Å². The number of nitrogens with zero attached hydrogens (tertiary/aromatic N) is 1. The van der Waals surface area contributed by atoms with E-state index in [1.54, 1.807) is 0 Å². The van der Waals surface area contributed by atoms with Crippen LogP contribution >= 0.6 is 0 Å². The molecular weight excluding hydrogens is 268 g/mol. The molecule has 20 heavy (non-hydrogen) atoms. The minimum atomic E-state index is -0.714. The second kappa shape index (κ2) is 6.25. The molecular formula is C13H13F2N3O2. The summed E-state index contributed by atoms with van der Waals surface area (Å²) in [6.45, 7) is 0.298. The van der Waals surface area contributed by atoms with E-state index in [1.807, 2.05) is 0 Å². The topological polar surface area (TPSA) is 81.1 Å². The number of halogens is 2. The van der Waals surface area contributed by atoms with Crippen LogP contribution in [0.5, 0.6) is 0 Å². The highest BCUT2D eigenvalue weighted by molar-refractivity contribution is 5.91. The highest BCUT2D eigenvalue weighted by atomic mass is 19.1. The van der Waals surface area contributed by atoms with E-state index in [1.165, 1.54) is 12.3 Å². The SMILES string of the molecule is NCCc1nc(C(=O)NCc2ccc(F)cc2F)co1. The Morgan fingerprint density at radius 1 is 1.40 bits per heavy atom. The minimum Gasteiger partial charge on any atom is -0.448 e. The van der Waals surface area contributed by atoms with Gasteiger partial charge in [-0.2, -0.15) is 0 Å². The van der Waals surface area contributed by atoms with Crippen molar-refractivity contribution in [3.8, 4) is 0 Å². The molecule has 0 unspecified atom stereocenters. The number of nitrogens with two attached hydrogens (primary N) is 1. The summed E-state index contributed by atoms with van der Waals surface area (Å²) in [5.74, 6) is -1.51. The lowest BCUT2D eigenvalue weighted by molar-refractivity contribution is 0.0945. The molecule has 1 aromatic carbocycles. The van der Waals surface area contributed by atoms with Crippen LogP contribution in [0.1, 0.15) is 21.9 Å². The maximum absolute atomic E-state index is 13.4. The summed E-state index contributed by atoms with van der Waals surface area (Å²) >= 11 is 0. The van der Waals surface area contributed by atoms with Crippen molar-refractivity contribution < 1.29 is 18.0 Å².